The molecule has 2 unspecified atom stereocenters. The van der Waals surface area contributed by atoms with E-state index in [0.29, 0.717) is 5.92 Å². The van der Waals surface area contributed by atoms with E-state index in [1.807, 2.05) is 0 Å². The number of hydrogen-bond donors (Lipinski definition) is 2. The summed E-state index contributed by atoms with van der Waals surface area (Å²) in [7, 11) is 0. The van der Waals surface area contributed by atoms with E-state index in [4.69, 9.17) is 5.84 Å². The maximum atomic E-state index is 5.65. The van der Waals surface area contributed by atoms with Crippen LogP contribution in [0.4, 0.5) is 0 Å². The third-order valence-corrected chi connectivity index (χ3v) is 3.38. The topological polar surface area (TPSA) is 63.8 Å². The first-order valence-electron chi connectivity index (χ1n) is 5.70. The summed E-state index contributed by atoms with van der Waals surface area (Å²) in [5.41, 5.74) is 6.52. The van der Waals surface area contributed by atoms with Gasteiger partial charge >= 0.3 is 0 Å². The molecule has 0 bridgehead atoms. The van der Waals surface area contributed by atoms with E-state index in [1.165, 1.54) is 11.1 Å². The molecule has 0 fully saturated rings. The summed E-state index contributed by atoms with van der Waals surface area (Å²) in [6.45, 7) is 0. The number of nitrogens with zero attached hydrogens (tertiary/aromatic N) is 2. The average molecular weight is 226 g/mol. The normalized spacial score (nSPS) is 19.2. The Morgan fingerprint density at radius 2 is 2.18 bits per heavy atom. The largest absolute Gasteiger partial charge is 0.271 e. The maximum Gasteiger partial charge on any atom is 0.0775 e. The van der Waals surface area contributed by atoms with Crippen molar-refractivity contribution in [2.45, 2.75) is 18.4 Å². The van der Waals surface area contributed by atoms with E-state index >= 15 is 0 Å². The minimum absolute atomic E-state index is 0.0404. The first kappa shape index (κ1) is 10.4. The molecule has 1 heterocycles. The second kappa shape index (κ2) is 4.24. The van der Waals surface area contributed by atoms with Gasteiger partial charge in [0.25, 0.3) is 0 Å². The summed E-state index contributed by atoms with van der Waals surface area (Å²) in [4.78, 5) is 8.41. The number of benzene rings is 1. The van der Waals surface area contributed by atoms with Crippen molar-refractivity contribution < 1.29 is 0 Å². The van der Waals surface area contributed by atoms with Gasteiger partial charge in [-0.15, -0.1) is 0 Å². The van der Waals surface area contributed by atoms with Crippen molar-refractivity contribution in [1.82, 2.24) is 15.4 Å². The van der Waals surface area contributed by atoms with Gasteiger partial charge in [0.15, 0.2) is 0 Å². The average Bonchev–Trinajstić information content (AvgIpc) is 2.37. The van der Waals surface area contributed by atoms with Crippen LogP contribution in [0.5, 0.6) is 0 Å². The van der Waals surface area contributed by atoms with Gasteiger partial charge in [-0.1, -0.05) is 24.3 Å². The molecule has 0 spiro atoms. The second-order valence-electron chi connectivity index (χ2n) is 4.28. The maximum absolute atomic E-state index is 5.65. The van der Waals surface area contributed by atoms with Gasteiger partial charge in [-0.05, 0) is 17.5 Å². The zero-order valence-corrected chi connectivity index (χ0v) is 9.38. The molecule has 4 nitrogen and oxygen atoms in total. The van der Waals surface area contributed by atoms with Crippen molar-refractivity contribution in [3.05, 3.63) is 59.7 Å². The molecule has 4 heteroatoms. The zero-order valence-electron chi connectivity index (χ0n) is 9.38. The Bertz CT molecular complexity index is 512. The van der Waals surface area contributed by atoms with Crippen LogP contribution in [-0.4, -0.2) is 9.97 Å². The van der Waals surface area contributed by atoms with Crippen LogP contribution in [0.2, 0.25) is 0 Å². The SMILES string of the molecule is NNC(c1cnccn1)C1Cc2ccccc21. The summed E-state index contributed by atoms with van der Waals surface area (Å²) in [5.74, 6) is 6.05. The van der Waals surface area contributed by atoms with E-state index in [0.717, 1.165) is 12.1 Å². The molecule has 2 aromatic rings. The van der Waals surface area contributed by atoms with Crippen LogP contribution in [-0.2, 0) is 6.42 Å². The quantitative estimate of drug-likeness (QED) is 0.612. The fourth-order valence-corrected chi connectivity index (χ4v) is 2.47. The van der Waals surface area contributed by atoms with E-state index in [1.54, 1.807) is 18.6 Å². The van der Waals surface area contributed by atoms with Gasteiger partial charge in [-0.2, -0.15) is 0 Å². The summed E-state index contributed by atoms with van der Waals surface area (Å²) < 4.78 is 0. The Labute approximate surface area is 99.9 Å². The lowest BCUT2D eigenvalue weighted by Crippen LogP contribution is -2.37. The second-order valence-corrected chi connectivity index (χ2v) is 4.28. The molecule has 3 rings (SSSR count). The summed E-state index contributed by atoms with van der Waals surface area (Å²) in [6.07, 6.45) is 6.18. The molecule has 86 valence electrons. The van der Waals surface area contributed by atoms with Gasteiger partial charge < -0.3 is 0 Å². The number of nitrogens with one attached hydrogen (secondary N) is 1. The first-order chi connectivity index (χ1) is 8.40. The molecule has 0 saturated carbocycles. The zero-order chi connectivity index (χ0) is 11.7. The minimum Gasteiger partial charge on any atom is -0.271 e. The van der Waals surface area contributed by atoms with Crippen molar-refractivity contribution in [3.8, 4) is 0 Å². The highest BCUT2D eigenvalue weighted by Crippen LogP contribution is 2.42. The third-order valence-electron chi connectivity index (χ3n) is 3.38. The number of fused-ring (bicyclic) bond motifs is 1. The summed E-state index contributed by atoms with van der Waals surface area (Å²) in [5, 5.41) is 0. The molecule has 0 aliphatic heterocycles. The summed E-state index contributed by atoms with van der Waals surface area (Å²) >= 11 is 0. The highest BCUT2D eigenvalue weighted by atomic mass is 15.2. The third kappa shape index (κ3) is 1.71. The van der Waals surface area contributed by atoms with E-state index in [9.17, 15) is 0 Å². The van der Waals surface area contributed by atoms with E-state index in [2.05, 4.69) is 39.7 Å². The van der Waals surface area contributed by atoms with Gasteiger partial charge in [0.2, 0.25) is 0 Å². The van der Waals surface area contributed by atoms with Crippen LogP contribution in [0.3, 0.4) is 0 Å². The van der Waals surface area contributed by atoms with Crippen molar-refractivity contribution >= 4 is 0 Å². The molecule has 1 aromatic heterocycles. The van der Waals surface area contributed by atoms with Crippen LogP contribution in [0, 0.1) is 0 Å². The predicted molar refractivity (Wildman–Crippen MR) is 65.0 cm³/mol. The molecule has 0 amide bonds. The molecule has 0 saturated heterocycles. The van der Waals surface area contributed by atoms with Crippen molar-refractivity contribution in [2.75, 3.05) is 0 Å². The lowest BCUT2D eigenvalue weighted by atomic mass is 9.73. The fourth-order valence-electron chi connectivity index (χ4n) is 2.47. The molecule has 1 aliphatic carbocycles. The van der Waals surface area contributed by atoms with Gasteiger partial charge in [-0.3, -0.25) is 21.2 Å². The van der Waals surface area contributed by atoms with Crippen LogP contribution < -0.4 is 11.3 Å². The van der Waals surface area contributed by atoms with Crippen LogP contribution >= 0.6 is 0 Å². The number of nitrogens with two attached hydrogens (primary N) is 1. The smallest absolute Gasteiger partial charge is 0.0775 e. The number of aromatic nitrogens is 2. The molecule has 0 radical (unpaired) electrons. The highest BCUT2D eigenvalue weighted by molar-refractivity contribution is 5.42. The van der Waals surface area contributed by atoms with Crippen molar-refractivity contribution in [1.29, 1.82) is 0 Å². The van der Waals surface area contributed by atoms with Gasteiger partial charge in [0.05, 0.1) is 17.9 Å². The predicted octanol–water partition coefficient (Wildman–Crippen LogP) is 1.32. The van der Waals surface area contributed by atoms with Crippen molar-refractivity contribution in [2.24, 2.45) is 5.84 Å². The van der Waals surface area contributed by atoms with E-state index in [-0.39, 0.29) is 6.04 Å². The van der Waals surface area contributed by atoms with Crippen LogP contribution in [0.15, 0.2) is 42.9 Å². The Hall–Kier alpha value is -1.78. The molecule has 1 aliphatic rings. The Kier molecular flexibility index (Phi) is 2.59. The minimum atomic E-state index is 0.0404. The number of rotatable bonds is 3. The van der Waals surface area contributed by atoms with Gasteiger partial charge in [0.1, 0.15) is 0 Å². The monoisotopic (exact) mass is 226 g/mol. The fraction of sp³-hybridized carbons (Fsp3) is 0.231. The first-order valence-corrected chi connectivity index (χ1v) is 5.70. The van der Waals surface area contributed by atoms with Gasteiger partial charge in [-0.25, -0.2) is 0 Å². The highest BCUT2D eigenvalue weighted by Gasteiger charge is 2.33. The Morgan fingerprint density at radius 1 is 1.29 bits per heavy atom. The standard InChI is InChI=1S/C13H14N4/c14-17-13(12-8-15-5-6-16-12)11-7-9-3-1-2-4-10(9)11/h1-6,8,11,13,17H,7,14H2. The lowest BCUT2D eigenvalue weighted by molar-refractivity contribution is 0.410. The molecule has 3 N–H and O–H groups in total. The molecule has 17 heavy (non-hydrogen) atoms. The lowest BCUT2D eigenvalue weighted by Gasteiger charge is -2.35. The number of hydrogen-bond acceptors (Lipinski definition) is 4. The van der Waals surface area contributed by atoms with E-state index < -0.39 is 0 Å². The Balaban J connectivity index is 1.90. The van der Waals surface area contributed by atoms with Crippen molar-refractivity contribution in [3.63, 3.8) is 0 Å². The Morgan fingerprint density at radius 3 is 2.88 bits per heavy atom. The molecule has 2 atom stereocenters. The van der Waals surface area contributed by atoms with Gasteiger partial charge in [0, 0.05) is 18.3 Å². The molecule has 1 aromatic carbocycles. The van der Waals surface area contributed by atoms with Crippen LogP contribution in [0.25, 0.3) is 0 Å². The number of hydrazine groups is 1. The molecular weight excluding hydrogens is 212 g/mol. The molecular formula is C13H14N4. The van der Waals surface area contributed by atoms with Crippen LogP contribution in [0.1, 0.15) is 28.8 Å². The summed E-state index contributed by atoms with van der Waals surface area (Å²) in [6, 6.07) is 8.50.